The van der Waals surface area contributed by atoms with Gasteiger partial charge in [0.2, 0.25) is 0 Å². The third-order valence-electron chi connectivity index (χ3n) is 4.00. The molecule has 112 valence electrons. The fourth-order valence-corrected chi connectivity index (χ4v) is 2.76. The second-order valence-corrected chi connectivity index (χ2v) is 5.18. The minimum Gasteiger partial charge on any atom is -0.497 e. The summed E-state index contributed by atoms with van der Waals surface area (Å²) in [5.41, 5.74) is 0.511. The van der Waals surface area contributed by atoms with Gasteiger partial charge in [0, 0.05) is 7.05 Å². The summed E-state index contributed by atoms with van der Waals surface area (Å²) < 4.78 is 5.18. The molecule has 2 aromatic rings. The maximum Gasteiger partial charge on any atom is 0.264 e. The average molecular weight is 295 g/mol. The van der Waals surface area contributed by atoms with Gasteiger partial charge in [-0.25, -0.2) is 0 Å². The van der Waals surface area contributed by atoms with Crippen molar-refractivity contribution in [1.29, 1.82) is 5.41 Å². The van der Waals surface area contributed by atoms with Crippen LogP contribution in [0, 0.1) is 5.41 Å². The first-order chi connectivity index (χ1) is 10.6. The molecule has 1 amide bonds. The molecule has 1 aliphatic heterocycles. The first kappa shape index (κ1) is 14.1. The Morgan fingerprint density at radius 2 is 1.64 bits per heavy atom. The maximum atomic E-state index is 12.9. The van der Waals surface area contributed by atoms with E-state index in [1.807, 2.05) is 54.6 Å². The van der Waals surface area contributed by atoms with E-state index in [1.165, 1.54) is 4.90 Å². The Hall–Kier alpha value is -2.82. The molecule has 2 aromatic carbocycles. The molecule has 0 aliphatic carbocycles. The van der Waals surface area contributed by atoms with Gasteiger partial charge in [0.25, 0.3) is 5.91 Å². The molecule has 5 nitrogen and oxygen atoms in total. The van der Waals surface area contributed by atoms with E-state index in [4.69, 9.17) is 10.1 Å². The van der Waals surface area contributed by atoms with Crippen molar-refractivity contribution in [3.05, 3.63) is 65.7 Å². The van der Waals surface area contributed by atoms with Crippen LogP contribution in [-0.2, 0) is 10.3 Å². The molecule has 1 atom stereocenters. The van der Waals surface area contributed by atoms with Gasteiger partial charge < -0.3 is 10.1 Å². The van der Waals surface area contributed by atoms with E-state index in [9.17, 15) is 4.79 Å². The number of carbonyl (C=O) groups excluding carboxylic acids is 1. The van der Waals surface area contributed by atoms with E-state index in [2.05, 4.69) is 5.32 Å². The van der Waals surface area contributed by atoms with Crippen molar-refractivity contribution in [3.8, 4) is 5.75 Å². The van der Waals surface area contributed by atoms with Gasteiger partial charge in [0.05, 0.1) is 7.11 Å². The van der Waals surface area contributed by atoms with Crippen LogP contribution in [0.15, 0.2) is 54.6 Å². The number of ether oxygens (including phenoxy) is 1. The minimum absolute atomic E-state index is 0.0877. The van der Waals surface area contributed by atoms with E-state index in [-0.39, 0.29) is 11.9 Å². The zero-order valence-corrected chi connectivity index (χ0v) is 12.5. The van der Waals surface area contributed by atoms with Crippen LogP contribution in [-0.4, -0.2) is 30.9 Å². The lowest BCUT2D eigenvalue weighted by Crippen LogP contribution is -2.44. The molecule has 0 aromatic heterocycles. The Kier molecular flexibility index (Phi) is 3.33. The van der Waals surface area contributed by atoms with Crippen molar-refractivity contribution < 1.29 is 9.53 Å². The maximum absolute atomic E-state index is 12.9. The van der Waals surface area contributed by atoms with Crippen molar-refractivity contribution in [1.82, 2.24) is 10.2 Å². The van der Waals surface area contributed by atoms with Crippen LogP contribution >= 0.6 is 0 Å². The number of benzene rings is 2. The highest BCUT2D eigenvalue weighted by atomic mass is 16.5. The number of hydrogen-bond acceptors (Lipinski definition) is 3. The van der Waals surface area contributed by atoms with Crippen LogP contribution in [0.2, 0.25) is 0 Å². The fourth-order valence-electron chi connectivity index (χ4n) is 2.76. The van der Waals surface area contributed by atoms with Crippen molar-refractivity contribution >= 4 is 11.9 Å². The molecule has 1 fully saturated rings. The first-order valence-corrected chi connectivity index (χ1v) is 6.94. The molecule has 2 N–H and O–H groups in total. The molecule has 3 rings (SSSR count). The lowest BCUT2D eigenvalue weighted by Gasteiger charge is -2.28. The normalized spacial score (nSPS) is 20.9. The standard InChI is InChI=1S/C17H17N3O2/c1-20-15(21)17(19-16(20)18,12-6-4-3-5-7-12)13-8-10-14(22-2)11-9-13/h3-11H,1-2H3,(H2,18,19). The number of nitrogens with zero attached hydrogens (tertiary/aromatic N) is 1. The molecule has 1 heterocycles. The summed E-state index contributed by atoms with van der Waals surface area (Å²) >= 11 is 0. The van der Waals surface area contributed by atoms with Gasteiger partial charge >= 0.3 is 0 Å². The molecule has 0 spiro atoms. The average Bonchev–Trinajstić information content (AvgIpc) is 2.81. The number of guanidine groups is 1. The van der Waals surface area contributed by atoms with E-state index in [0.29, 0.717) is 0 Å². The summed E-state index contributed by atoms with van der Waals surface area (Å²) in [6.07, 6.45) is 0. The van der Waals surface area contributed by atoms with E-state index >= 15 is 0 Å². The van der Waals surface area contributed by atoms with Gasteiger partial charge in [0.1, 0.15) is 5.75 Å². The highest BCUT2D eigenvalue weighted by Gasteiger charge is 2.50. The first-order valence-electron chi connectivity index (χ1n) is 6.94. The Labute approximate surface area is 129 Å². The second kappa shape index (κ2) is 5.18. The van der Waals surface area contributed by atoms with Gasteiger partial charge in [-0.15, -0.1) is 0 Å². The van der Waals surface area contributed by atoms with E-state index in [1.54, 1.807) is 14.2 Å². The highest BCUT2D eigenvalue weighted by Crippen LogP contribution is 2.35. The molecular weight excluding hydrogens is 278 g/mol. The van der Waals surface area contributed by atoms with Crippen LogP contribution in [0.4, 0.5) is 0 Å². The van der Waals surface area contributed by atoms with Crippen LogP contribution in [0.3, 0.4) is 0 Å². The van der Waals surface area contributed by atoms with Crippen molar-refractivity contribution in [2.24, 2.45) is 0 Å². The summed E-state index contributed by atoms with van der Waals surface area (Å²) in [5, 5.41) is 11.0. The Bertz CT molecular complexity index is 712. The number of likely N-dealkylation sites (N-methyl/N-ethyl adjacent to an activating group) is 1. The number of rotatable bonds is 3. The number of amides is 1. The predicted molar refractivity (Wildman–Crippen MR) is 83.8 cm³/mol. The lowest BCUT2D eigenvalue weighted by atomic mass is 9.82. The Morgan fingerprint density at radius 3 is 2.14 bits per heavy atom. The lowest BCUT2D eigenvalue weighted by molar-refractivity contribution is -0.129. The van der Waals surface area contributed by atoms with Crippen molar-refractivity contribution in [2.75, 3.05) is 14.2 Å². The fraction of sp³-hybridized carbons (Fsp3) is 0.176. The van der Waals surface area contributed by atoms with Crippen LogP contribution in [0.25, 0.3) is 0 Å². The quantitative estimate of drug-likeness (QED) is 0.909. The van der Waals surface area contributed by atoms with Gasteiger partial charge in [-0.05, 0) is 23.3 Å². The van der Waals surface area contributed by atoms with E-state index < -0.39 is 5.54 Å². The minimum atomic E-state index is -1.07. The van der Waals surface area contributed by atoms with Gasteiger partial charge in [-0.3, -0.25) is 15.1 Å². The summed E-state index contributed by atoms with van der Waals surface area (Å²) in [6, 6.07) is 16.8. The van der Waals surface area contributed by atoms with E-state index in [0.717, 1.165) is 16.9 Å². The SMILES string of the molecule is COc1ccc(C2(c3ccccc3)NC(=N)N(C)C2=O)cc1. The third kappa shape index (κ3) is 1.94. The zero-order chi connectivity index (χ0) is 15.7. The van der Waals surface area contributed by atoms with Crippen LogP contribution in [0.1, 0.15) is 11.1 Å². The molecule has 0 saturated carbocycles. The van der Waals surface area contributed by atoms with Gasteiger partial charge in [-0.2, -0.15) is 0 Å². The summed E-state index contributed by atoms with van der Waals surface area (Å²) in [4.78, 5) is 14.2. The van der Waals surface area contributed by atoms with Crippen molar-refractivity contribution in [2.45, 2.75) is 5.54 Å². The molecular formula is C17H17N3O2. The summed E-state index contributed by atoms with van der Waals surface area (Å²) in [5.74, 6) is 0.638. The summed E-state index contributed by atoms with van der Waals surface area (Å²) in [6.45, 7) is 0. The van der Waals surface area contributed by atoms with Gasteiger partial charge in [-0.1, -0.05) is 42.5 Å². The Morgan fingerprint density at radius 1 is 1.05 bits per heavy atom. The molecule has 1 saturated heterocycles. The van der Waals surface area contributed by atoms with Crippen LogP contribution < -0.4 is 10.1 Å². The topological polar surface area (TPSA) is 65.4 Å². The molecule has 0 bridgehead atoms. The largest absolute Gasteiger partial charge is 0.497 e. The number of hydrogen-bond donors (Lipinski definition) is 2. The molecule has 1 aliphatic rings. The molecule has 5 heteroatoms. The Balaban J connectivity index is 2.20. The summed E-state index contributed by atoms with van der Waals surface area (Å²) in [7, 11) is 3.20. The van der Waals surface area contributed by atoms with Crippen molar-refractivity contribution in [3.63, 3.8) is 0 Å². The smallest absolute Gasteiger partial charge is 0.264 e. The number of nitrogens with one attached hydrogen (secondary N) is 2. The van der Waals surface area contributed by atoms with Gasteiger partial charge in [0.15, 0.2) is 11.5 Å². The third-order valence-corrected chi connectivity index (χ3v) is 4.00. The molecule has 1 unspecified atom stereocenters. The monoisotopic (exact) mass is 295 g/mol. The van der Waals surface area contributed by atoms with Crippen LogP contribution in [0.5, 0.6) is 5.75 Å². The second-order valence-electron chi connectivity index (χ2n) is 5.18. The zero-order valence-electron chi connectivity index (χ0n) is 12.5. The number of methoxy groups -OCH3 is 1. The molecule has 22 heavy (non-hydrogen) atoms. The predicted octanol–water partition coefficient (Wildman–Crippen LogP) is 1.94. The molecule has 0 radical (unpaired) electrons. The number of carbonyl (C=O) groups is 1. The highest BCUT2D eigenvalue weighted by molar-refractivity contribution is 6.10.